The molecule has 2 aromatic heterocycles. The summed E-state index contributed by atoms with van der Waals surface area (Å²) in [6.07, 6.45) is 3.38. The molecule has 1 aliphatic heterocycles. The first-order valence-corrected chi connectivity index (χ1v) is 9.99. The van der Waals surface area contributed by atoms with Gasteiger partial charge in [-0.05, 0) is 42.8 Å². The Balaban J connectivity index is 1.70. The van der Waals surface area contributed by atoms with E-state index in [0.29, 0.717) is 29.4 Å². The molecule has 8 heteroatoms. The minimum Gasteiger partial charge on any atom is -0.370 e. The molecule has 0 radical (unpaired) electrons. The van der Waals surface area contributed by atoms with Crippen LogP contribution in [0.25, 0.3) is 33.5 Å². The third-order valence-electron chi connectivity index (χ3n) is 5.75. The third-order valence-corrected chi connectivity index (χ3v) is 5.75. The van der Waals surface area contributed by atoms with Crippen LogP contribution in [-0.2, 0) is 0 Å². The lowest BCUT2D eigenvalue weighted by molar-refractivity contribution is 0.421. The first kappa shape index (κ1) is 19.6. The van der Waals surface area contributed by atoms with Crippen molar-refractivity contribution in [2.45, 2.75) is 6.92 Å². The summed E-state index contributed by atoms with van der Waals surface area (Å²) in [5, 5.41) is 0. The van der Waals surface area contributed by atoms with Gasteiger partial charge in [0.2, 0.25) is 0 Å². The molecule has 1 fully saturated rings. The predicted octanol–water partition coefficient (Wildman–Crippen LogP) is 4.41. The Bertz CT molecular complexity index is 1290. The molecule has 5 nitrogen and oxygen atoms in total. The number of pyridine rings is 1. The fraction of sp³-hybridized carbons (Fsp3) is 0.217. The highest BCUT2D eigenvalue weighted by molar-refractivity contribution is 5.91. The summed E-state index contributed by atoms with van der Waals surface area (Å²) in [6.45, 7) is 3.80. The van der Waals surface area contributed by atoms with Crippen molar-refractivity contribution < 1.29 is 13.2 Å². The maximum atomic E-state index is 14.2. The van der Waals surface area contributed by atoms with E-state index in [0.717, 1.165) is 36.0 Å². The molecule has 0 bridgehead atoms. The lowest BCUT2D eigenvalue weighted by atomic mass is 9.94. The number of anilines is 1. The molecule has 3 N–H and O–H groups in total. The van der Waals surface area contributed by atoms with Crippen LogP contribution in [0.2, 0.25) is 0 Å². The number of aryl methyl sites for hydroxylation is 1. The van der Waals surface area contributed by atoms with Crippen LogP contribution < -0.4 is 10.6 Å². The average Bonchev–Trinajstić information content (AvgIpc) is 3.13. The van der Waals surface area contributed by atoms with Crippen molar-refractivity contribution in [1.29, 1.82) is 0 Å². The van der Waals surface area contributed by atoms with E-state index >= 15 is 0 Å². The summed E-state index contributed by atoms with van der Waals surface area (Å²) in [4.78, 5) is 13.9. The van der Waals surface area contributed by atoms with Gasteiger partial charge in [0.25, 0.3) is 0 Å². The molecule has 0 aliphatic carbocycles. The lowest BCUT2D eigenvalue weighted by Crippen LogP contribution is -2.50. The fourth-order valence-electron chi connectivity index (χ4n) is 4.06. The van der Waals surface area contributed by atoms with Crippen LogP contribution in [0.4, 0.5) is 18.9 Å². The van der Waals surface area contributed by atoms with Gasteiger partial charge in [-0.15, -0.1) is 0 Å². The Kier molecular flexibility index (Phi) is 4.66. The molecular formula is C23H20F3N5. The molecule has 2 aromatic carbocycles. The van der Waals surface area contributed by atoms with Crippen LogP contribution in [-0.4, -0.2) is 34.6 Å². The van der Waals surface area contributed by atoms with Crippen LogP contribution in [0.15, 0.2) is 42.7 Å². The number of halogens is 3. The third kappa shape index (κ3) is 3.33. The quantitative estimate of drug-likeness (QED) is 0.510. The summed E-state index contributed by atoms with van der Waals surface area (Å²) in [6, 6.07) is 6.93. The first-order valence-electron chi connectivity index (χ1n) is 9.99. The minimum absolute atomic E-state index is 0.0637. The highest BCUT2D eigenvalue weighted by atomic mass is 19.1. The summed E-state index contributed by atoms with van der Waals surface area (Å²) in [5.74, 6) is -0.937. The lowest BCUT2D eigenvalue weighted by Gasteiger charge is -2.42. The van der Waals surface area contributed by atoms with Gasteiger partial charge in [-0.3, -0.25) is 4.98 Å². The molecule has 4 aromatic rings. The minimum atomic E-state index is -0.732. The molecular weight excluding hydrogens is 403 g/mol. The SMILES string of the molecule is Cc1cc(-c2cncc(-c3nc4c(F)cc(F)cc4[nH]3)c2N2CC(CN)C2)ccc1F. The second-order valence-corrected chi connectivity index (χ2v) is 7.92. The zero-order valence-electron chi connectivity index (χ0n) is 16.8. The number of imidazole rings is 1. The fourth-order valence-corrected chi connectivity index (χ4v) is 4.06. The molecule has 0 atom stereocenters. The van der Waals surface area contributed by atoms with Gasteiger partial charge in [-0.1, -0.05) is 6.07 Å². The second-order valence-electron chi connectivity index (χ2n) is 7.92. The van der Waals surface area contributed by atoms with Gasteiger partial charge >= 0.3 is 0 Å². The number of hydrogen-bond acceptors (Lipinski definition) is 4. The number of nitrogens with one attached hydrogen (secondary N) is 1. The van der Waals surface area contributed by atoms with Crippen LogP contribution in [0, 0.1) is 30.3 Å². The van der Waals surface area contributed by atoms with E-state index in [4.69, 9.17) is 5.73 Å². The van der Waals surface area contributed by atoms with E-state index in [1.165, 1.54) is 12.1 Å². The van der Waals surface area contributed by atoms with Crippen LogP contribution in [0.1, 0.15) is 5.56 Å². The van der Waals surface area contributed by atoms with Crippen LogP contribution in [0.5, 0.6) is 0 Å². The number of nitrogens with two attached hydrogens (primary N) is 1. The molecule has 0 spiro atoms. The standard InChI is InChI=1S/C23H20F3N5/c1-12-4-14(2-3-18(12)25)16-8-28-9-17(22(16)31-10-13(7-27)11-31)23-29-20-6-15(24)5-19(26)21(20)30-23/h2-6,8-9,13H,7,10-11,27H2,1H3,(H,29,30). The highest BCUT2D eigenvalue weighted by Crippen LogP contribution is 2.41. The van der Waals surface area contributed by atoms with Crippen molar-refractivity contribution in [2.75, 3.05) is 24.5 Å². The van der Waals surface area contributed by atoms with Gasteiger partial charge in [0, 0.05) is 43.0 Å². The normalized spacial score (nSPS) is 14.3. The van der Waals surface area contributed by atoms with Gasteiger partial charge in [-0.2, -0.15) is 0 Å². The van der Waals surface area contributed by atoms with E-state index in [1.54, 1.807) is 31.5 Å². The topological polar surface area (TPSA) is 70.8 Å². The Morgan fingerprint density at radius 1 is 1.06 bits per heavy atom. The summed E-state index contributed by atoms with van der Waals surface area (Å²) in [5.41, 5.74) is 9.80. The molecule has 31 heavy (non-hydrogen) atoms. The monoisotopic (exact) mass is 423 g/mol. The van der Waals surface area contributed by atoms with Crippen LogP contribution >= 0.6 is 0 Å². The van der Waals surface area contributed by atoms with Crippen molar-refractivity contribution >= 4 is 16.7 Å². The Labute approximate surface area is 176 Å². The van der Waals surface area contributed by atoms with Gasteiger partial charge in [0.1, 0.15) is 23.0 Å². The van der Waals surface area contributed by atoms with Gasteiger partial charge in [-0.25, -0.2) is 18.2 Å². The average molecular weight is 423 g/mol. The predicted molar refractivity (Wildman–Crippen MR) is 114 cm³/mol. The largest absolute Gasteiger partial charge is 0.370 e. The molecule has 0 unspecified atom stereocenters. The van der Waals surface area contributed by atoms with E-state index in [9.17, 15) is 13.2 Å². The Hall–Kier alpha value is -3.39. The van der Waals surface area contributed by atoms with E-state index in [1.807, 2.05) is 0 Å². The maximum Gasteiger partial charge on any atom is 0.153 e. The Morgan fingerprint density at radius 2 is 1.84 bits per heavy atom. The molecule has 158 valence electrons. The smallest absolute Gasteiger partial charge is 0.153 e. The molecule has 1 aliphatic rings. The number of aromatic nitrogens is 3. The van der Waals surface area contributed by atoms with Crippen molar-refractivity contribution in [2.24, 2.45) is 11.7 Å². The number of aromatic amines is 1. The number of H-pyrrole nitrogens is 1. The number of rotatable bonds is 4. The number of nitrogens with zero attached hydrogens (tertiary/aromatic N) is 3. The van der Waals surface area contributed by atoms with Crippen molar-refractivity contribution in [1.82, 2.24) is 15.0 Å². The molecule has 5 rings (SSSR count). The van der Waals surface area contributed by atoms with Gasteiger partial charge in [0.15, 0.2) is 5.82 Å². The molecule has 0 saturated carbocycles. The molecule has 1 saturated heterocycles. The van der Waals surface area contributed by atoms with Crippen molar-refractivity contribution in [3.05, 3.63) is 65.7 Å². The van der Waals surface area contributed by atoms with Crippen molar-refractivity contribution in [3.8, 4) is 22.5 Å². The summed E-state index contributed by atoms with van der Waals surface area (Å²) in [7, 11) is 0. The van der Waals surface area contributed by atoms with Gasteiger partial charge in [0.05, 0.1) is 16.8 Å². The number of benzene rings is 2. The van der Waals surface area contributed by atoms with Crippen molar-refractivity contribution in [3.63, 3.8) is 0 Å². The maximum absolute atomic E-state index is 14.2. The van der Waals surface area contributed by atoms with Crippen LogP contribution in [0.3, 0.4) is 0 Å². The highest BCUT2D eigenvalue weighted by Gasteiger charge is 2.31. The zero-order valence-corrected chi connectivity index (χ0v) is 16.8. The van der Waals surface area contributed by atoms with E-state index < -0.39 is 11.6 Å². The number of hydrogen-bond donors (Lipinski definition) is 2. The summed E-state index contributed by atoms with van der Waals surface area (Å²) >= 11 is 0. The summed E-state index contributed by atoms with van der Waals surface area (Å²) < 4.78 is 41.8. The molecule has 0 amide bonds. The second kappa shape index (κ2) is 7.39. The molecule has 3 heterocycles. The zero-order chi connectivity index (χ0) is 21.7. The number of fused-ring (bicyclic) bond motifs is 1. The van der Waals surface area contributed by atoms with E-state index in [2.05, 4.69) is 19.9 Å². The van der Waals surface area contributed by atoms with Gasteiger partial charge < -0.3 is 15.6 Å². The first-order chi connectivity index (χ1) is 14.9. The van der Waals surface area contributed by atoms with E-state index in [-0.39, 0.29) is 16.9 Å². The Morgan fingerprint density at radius 3 is 2.58 bits per heavy atom.